The van der Waals surface area contributed by atoms with Gasteiger partial charge in [0.2, 0.25) is 0 Å². The zero-order chi connectivity index (χ0) is 18.8. The number of nitrogens with one attached hydrogen (secondary N) is 2. The Kier molecular flexibility index (Phi) is 6.93. The molecule has 0 aliphatic carbocycles. The number of carbonyl (C=O) groups is 2. The van der Waals surface area contributed by atoms with Crippen LogP contribution in [-0.2, 0) is 9.59 Å². The topological polar surface area (TPSA) is 89.0 Å². The molecule has 2 aromatic carbocycles. The van der Waals surface area contributed by atoms with Crippen LogP contribution in [0.25, 0.3) is 0 Å². The fraction of sp³-hybridized carbons (Fsp3) is 0.105. The van der Waals surface area contributed by atoms with Crippen molar-refractivity contribution in [1.82, 2.24) is 5.43 Å². The number of para-hydroxylation sites is 1. The number of hydrogen-bond acceptors (Lipinski definition) is 5. The van der Waals surface area contributed by atoms with Gasteiger partial charge in [-0.2, -0.15) is 5.10 Å². The number of amides is 2. The van der Waals surface area contributed by atoms with Crippen molar-refractivity contribution in [2.24, 2.45) is 5.10 Å². The Hall–Kier alpha value is -3.61. The summed E-state index contributed by atoms with van der Waals surface area (Å²) in [5, 5.41) is 6.24. The number of hydrogen-bond donors (Lipinski definition) is 2. The first kappa shape index (κ1) is 18.7. The van der Waals surface area contributed by atoms with E-state index >= 15 is 0 Å². The Bertz CT molecular complexity index is 804. The Labute approximate surface area is 151 Å². The molecule has 0 radical (unpaired) electrons. The van der Waals surface area contributed by atoms with Crippen LogP contribution in [-0.4, -0.2) is 31.7 Å². The van der Waals surface area contributed by atoms with Gasteiger partial charge in [0.25, 0.3) is 0 Å². The largest absolute Gasteiger partial charge is 0.493 e. The highest BCUT2D eigenvalue weighted by Crippen LogP contribution is 2.27. The van der Waals surface area contributed by atoms with Gasteiger partial charge in [-0.1, -0.05) is 30.9 Å². The summed E-state index contributed by atoms with van der Waals surface area (Å²) in [4.78, 5) is 23.5. The fourth-order valence-electron chi connectivity index (χ4n) is 1.96. The van der Waals surface area contributed by atoms with Crippen LogP contribution >= 0.6 is 0 Å². The zero-order valence-corrected chi connectivity index (χ0v) is 14.3. The van der Waals surface area contributed by atoms with Crippen LogP contribution in [0.15, 0.2) is 66.3 Å². The molecule has 7 heteroatoms. The van der Waals surface area contributed by atoms with Gasteiger partial charge in [0.05, 0.1) is 13.3 Å². The van der Waals surface area contributed by atoms with Crippen LogP contribution in [0.1, 0.15) is 5.56 Å². The summed E-state index contributed by atoms with van der Waals surface area (Å²) in [5.74, 6) is -0.595. The molecule has 0 aliphatic rings. The lowest BCUT2D eigenvalue weighted by atomic mass is 10.2. The van der Waals surface area contributed by atoms with Crippen molar-refractivity contribution in [1.29, 1.82) is 0 Å². The highest BCUT2D eigenvalue weighted by Gasteiger charge is 2.12. The van der Waals surface area contributed by atoms with Crippen LogP contribution in [0, 0.1) is 0 Å². The Morgan fingerprint density at radius 3 is 2.58 bits per heavy atom. The average molecular weight is 353 g/mol. The van der Waals surface area contributed by atoms with Gasteiger partial charge in [-0.05, 0) is 35.9 Å². The van der Waals surface area contributed by atoms with E-state index in [9.17, 15) is 9.59 Å². The van der Waals surface area contributed by atoms with Crippen molar-refractivity contribution < 1.29 is 19.1 Å². The maximum absolute atomic E-state index is 11.8. The maximum Gasteiger partial charge on any atom is 0.329 e. The lowest BCUT2D eigenvalue weighted by Gasteiger charge is -2.09. The lowest BCUT2D eigenvalue weighted by Crippen LogP contribution is -2.32. The van der Waals surface area contributed by atoms with Crippen molar-refractivity contribution in [3.8, 4) is 11.5 Å². The van der Waals surface area contributed by atoms with Crippen LogP contribution in [0.3, 0.4) is 0 Å². The number of hydrazone groups is 1. The second-order valence-corrected chi connectivity index (χ2v) is 5.03. The SMILES string of the molecule is C=CCOc1ccc(/C=N\NC(=O)C(=O)Nc2ccccc2)cc1OC. The van der Waals surface area contributed by atoms with E-state index < -0.39 is 11.8 Å². The third kappa shape index (κ3) is 5.48. The molecule has 0 aliphatic heterocycles. The molecule has 2 N–H and O–H groups in total. The van der Waals surface area contributed by atoms with Gasteiger partial charge in [-0.15, -0.1) is 0 Å². The summed E-state index contributed by atoms with van der Waals surface area (Å²) in [5.41, 5.74) is 3.36. The number of ether oxygens (including phenoxy) is 2. The predicted octanol–water partition coefficient (Wildman–Crippen LogP) is 2.35. The average Bonchev–Trinajstić information content (AvgIpc) is 2.67. The highest BCUT2D eigenvalue weighted by atomic mass is 16.5. The summed E-state index contributed by atoms with van der Waals surface area (Å²) in [6.45, 7) is 3.94. The van der Waals surface area contributed by atoms with Gasteiger partial charge >= 0.3 is 11.8 Å². The molecule has 0 heterocycles. The highest BCUT2D eigenvalue weighted by molar-refractivity contribution is 6.39. The molecule has 2 aromatic rings. The van der Waals surface area contributed by atoms with Gasteiger partial charge in [0.15, 0.2) is 11.5 Å². The molecular weight excluding hydrogens is 334 g/mol. The van der Waals surface area contributed by atoms with E-state index in [-0.39, 0.29) is 0 Å². The van der Waals surface area contributed by atoms with E-state index in [1.54, 1.807) is 48.5 Å². The molecule has 0 saturated carbocycles. The van der Waals surface area contributed by atoms with Crippen LogP contribution in [0.2, 0.25) is 0 Å². The molecule has 0 fully saturated rings. The third-order valence-electron chi connectivity index (χ3n) is 3.16. The Morgan fingerprint density at radius 1 is 1.12 bits per heavy atom. The van der Waals surface area contributed by atoms with E-state index in [0.29, 0.717) is 29.4 Å². The Balaban J connectivity index is 1.93. The van der Waals surface area contributed by atoms with Gasteiger partial charge in [-0.3, -0.25) is 9.59 Å². The normalized spacial score (nSPS) is 10.2. The quantitative estimate of drug-likeness (QED) is 0.346. The van der Waals surface area contributed by atoms with Crippen molar-refractivity contribution in [3.63, 3.8) is 0 Å². The minimum absolute atomic E-state index is 0.358. The van der Waals surface area contributed by atoms with Crippen LogP contribution in [0.4, 0.5) is 5.69 Å². The smallest absolute Gasteiger partial charge is 0.329 e. The summed E-state index contributed by atoms with van der Waals surface area (Å²) >= 11 is 0. The molecule has 7 nitrogen and oxygen atoms in total. The first-order chi connectivity index (χ1) is 12.6. The molecule has 134 valence electrons. The summed E-state index contributed by atoms with van der Waals surface area (Å²) in [6.07, 6.45) is 3.03. The van der Waals surface area contributed by atoms with Gasteiger partial charge in [-0.25, -0.2) is 5.43 Å². The van der Waals surface area contributed by atoms with Crippen molar-refractivity contribution in [3.05, 3.63) is 66.7 Å². The summed E-state index contributed by atoms with van der Waals surface area (Å²) in [7, 11) is 1.52. The fourth-order valence-corrected chi connectivity index (χ4v) is 1.96. The lowest BCUT2D eigenvalue weighted by molar-refractivity contribution is -0.136. The van der Waals surface area contributed by atoms with Crippen molar-refractivity contribution in [2.75, 3.05) is 19.0 Å². The molecule has 26 heavy (non-hydrogen) atoms. The zero-order valence-electron chi connectivity index (χ0n) is 14.3. The van der Waals surface area contributed by atoms with Gasteiger partial charge in [0, 0.05) is 5.69 Å². The first-order valence-electron chi connectivity index (χ1n) is 7.75. The Morgan fingerprint density at radius 2 is 1.88 bits per heavy atom. The molecule has 2 amide bonds. The number of benzene rings is 2. The molecular formula is C19H19N3O4. The van der Waals surface area contributed by atoms with Crippen molar-refractivity contribution >= 4 is 23.7 Å². The molecule has 0 unspecified atom stereocenters. The first-order valence-corrected chi connectivity index (χ1v) is 7.75. The number of rotatable bonds is 7. The van der Waals surface area contributed by atoms with Crippen molar-refractivity contribution in [2.45, 2.75) is 0 Å². The number of methoxy groups -OCH3 is 1. The second kappa shape index (κ2) is 9.63. The minimum Gasteiger partial charge on any atom is -0.493 e. The number of carbonyl (C=O) groups excluding carboxylic acids is 2. The molecule has 0 atom stereocenters. The maximum atomic E-state index is 11.8. The van der Waals surface area contributed by atoms with E-state index in [4.69, 9.17) is 9.47 Å². The van der Waals surface area contributed by atoms with Crippen LogP contribution < -0.4 is 20.2 Å². The summed E-state index contributed by atoms with van der Waals surface area (Å²) < 4.78 is 10.7. The standard InChI is InChI=1S/C19H19N3O4/c1-3-11-26-16-10-9-14(12-17(16)25-2)13-20-22-19(24)18(23)21-15-7-5-4-6-8-15/h3-10,12-13H,1,11H2,2H3,(H,21,23)(H,22,24)/b20-13-. The molecule has 0 saturated heterocycles. The monoisotopic (exact) mass is 353 g/mol. The minimum atomic E-state index is -0.872. The van der Waals surface area contributed by atoms with Gasteiger partial charge < -0.3 is 14.8 Å². The predicted molar refractivity (Wildman–Crippen MR) is 99.5 cm³/mol. The van der Waals surface area contributed by atoms with E-state index in [2.05, 4.69) is 22.4 Å². The number of anilines is 1. The van der Waals surface area contributed by atoms with E-state index in [1.807, 2.05) is 6.07 Å². The van der Waals surface area contributed by atoms with Gasteiger partial charge in [0.1, 0.15) is 6.61 Å². The third-order valence-corrected chi connectivity index (χ3v) is 3.16. The summed E-state index contributed by atoms with van der Waals surface area (Å²) in [6, 6.07) is 13.8. The number of nitrogens with zero attached hydrogens (tertiary/aromatic N) is 1. The second-order valence-electron chi connectivity index (χ2n) is 5.03. The van der Waals surface area contributed by atoms with E-state index in [0.717, 1.165) is 0 Å². The molecule has 0 bridgehead atoms. The van der Waals surface area contributed by atoms with Crippen LogP contribution in [0.5, 0.6) is 11.5 Å². The molecule has 0 aromatic heterocycles. The molecule has 0 spiro atoms. The van der Waals surface area contributed by atoms with E-state index in [1.165, 1.54) is 13.3 Å². The molecule has 2 rings (SSSR count).